The number of hydrogen-bond donors (Lipinski definition) is 1. The molecule has 0 saturated carbocycles. The summed E-state index contributed by atoms with van der Waals surface area (Å²) in [6.45, 7) is 6.12. The molecule has 3 aromatic rings. The van der Waals surface area contributed by atoms with E-state index in [1.54, 1.807) is 0 Å². The van der Waals surface area contributed by atoms with Crippen molar-refractivity contribution in [1.29, 1.82) is 0 Å². The fraction of sp³-hybridized carbons (Fsp3) is 0.318. The van der Waals surface area contributed by atoms with Crippen LogP contribution in [0, 0.1) is 0 Å². The lowest BCUT2D eigenvalue weighted by Gasteiger charge is -2.36. The second-order valence-corrected chi connectivity index (χ2v) is 7.19. The zero-order chi connectivity index (χ0) is 19.3. The first-order valence-corrected chi connectivity index (χ1v) is 9.72. The van der Waals surface area contributed by atoms with Crippen molar-refractivity contribution in [1.82, 2.24) is 19.8 Å². The van der Waals surface area contributed by atoms with Gasteiger partial charge < -0.3 is 10.2 Å². The molecule has 1 unspecified atom stereocenters. The molecule has 0 spiro atoms. The van der Waals surface area contributed by atoms with Crippen LogP contribution in [0.3, 0.4) is 0 Å². The van der Waals surface area contributed by atoms with Crippen LogP contribution in [-0.2, 0) is 11.3 Å². The van der Waals surface area contributed by atoms with Crippen LogP contribution in [0.4, 0.5) is 5.82 Å². The number of nitrogens with one attached hydrogen (secondary N) is 1. The lowest BCUT2D eigenvalue weighted by Crippen LogP contribution is -2.51. The van der Waals surface area contributed by atoms with E-state index in [4.69, 9.17) is 0 Å². The summed E-state index contributed by atoms with van der Waals surface area (Å²) < 4.78 is 0. The molecule has 1 N–H and O–H groups in total. The molecule has 4 rings (SSSR count). The molecule has 1 atom stereocenters. The third-order valence-electron chi connectivity index (χ3n) is 5.20. The number of nitrogens with zero attached hydrogens (tertiary/aromatic N) is 4. The molecule has 0 radical (unpaired) electrons. The molecule has 0 aliphatic carbocycles. The number of benzene rings is 2. The second kappa shape index (κ2) is 8.35. The van der Waals surface area contributed by atoms with Crippen LogP contribution in [0.15, 0.2) is 60.9 Å². The fourth-order valence-corrected chi connectivity index (χ4v) is 3.63. The fourth-order valence-electron chi connectivity index (χ4n) is 3.63. The zero-order valence-corrected chi connectivity index (χ0v) is 16.1. The number of hydrogen-bond acceptors (Lipinski definition) is 5. The number of piperazine rings is 1. The minimum Gasteiger partial charge on any atom is -0.358 e. The quantitative estimate of drug-likeness (QED) is 0.743. The van der Waals surface area contributed by atoms with Crippen LogP contribution in [0.5, 0.6) is 0 Å². The highest BCUT2D eigenvalue weighted by Gasteiger charge is 2.25. The molecule has 1 saturated heterocycles. The number of anilines is 1. The summed E-state index contributed by atoms with van der Waals surface area (Å²) in [5, 5.41) is 4.21. The average molecular weight is 375 g/mol. The molecule has 1 amide bonds. The van der Waals surface area contributed by atoms with Crippen molar-refractivity contribution >= 4 is 22.6 Å². The standard InChI is InChI=1S/C22H25N5O/c1-17(25-21-19-9-5-6-10-20(19)23-16-24-21)22(28)27-13-11-26(12-14-27)15-18-7-3-2-4-8-18/h2-10,16-17H,11-15H2,1H3,(H,23,24,25). The number of carbonyl (C=O) groups excluding carboxylic acids is 1. The van der Waals surface area contributed by atoms with Crippen molar-refractivity contribution in [2.75, 3.05) is 31.5 Å². The normalized spacial score (nSPS) is 16.1. The van der Waals surface area contributed by atoms with Crippen LogP contribution in [0.25, 0.3) is 10.9 Å². The Morgan fingerprint density at radius 2 is 1.71 bits per heavy atom. The van der Waals surface area contributed by atoms with Crippen LogP contribution in [0.2, 0.25) is 0 Å². The minimum atomic E-state index is -0.334. The van der Waals surface area contributed by atoms with Gasteiger partial charge in [0.25, 0.3) is 0 Å². The molecule has 144 valence electrons. The van der Waals surface area contributed by atoms with E-state index in [1.807, 2.05) is 42.2 Å². The first-order chi connectivity index (χ1) is 13.7. The third kappa shape index (κ3) is 4.12. The Hall–Kier alpha value is -2.99. The van der Waals surface area contributed by atoms with Gasteiger partial charge in [0.2, 0.25) is 5.91 Å². The third-order valence-corrected chi connectivity index (χ3v) is 5.20. The SMILES string of the molecule is CC(Nc1ncnc2ccccc12)C(=O)N1CCN(Cc2ccccc2)CC1. The molecule has 1 fully saturated rings. The molecule has 2 heterocycles. The summed E-state index contributed by atoms with van der Waals surface area (Å²) in [5.74, 6) is 0.816. The van der Waals surface area contributed by atoms with E-state index in [0.29, 0.717) is 5.82 Å². The molecule has 1 aliphatic heterocycles. The molecule has 28 heavy (non-hydrogen) atoms. The van der Waals surface area contributed by atoms with E-state index < -0.39 is 0 Å². The molecular formula is C22H25N5O. The minimum absolute atomic E-state index is 0.113. The predicted molar refractivity (Wildman–Crippen MR) is 111 cm³/mol. The molecule has 6 nitrogen and oxygen atoms in total. The van der Waals surface area contributed by atoms with Gasteiger partial charge in [-0.25, -0.2) is 9.97 Å². The van der Waals surface area contributed by atoms with Gasteiger partial charge in [-0.1, -0.05) is 42.5 Å². The summed E-state index contributed by atoms with van der Waals surface area (Å²) in [5.41, 5.74) is 2.18. The maximum Gasteiger partial charge on any atom is 0.244 e. The summed E-state index contributed by atoms with van der Waals surface area (Å²) in [4.78, 5) is 25.9. The van der Waals surface area contributed by atoms with Crippen molar-refractivity contribution in [2.24, 2.45) is 0 Å². The summed E-state index contributed by atoms with van der Waals surface area (Å²) >= 11 is 0. The maximum atomic E-state index is 12.9. The van der Waals surface area contributed by atoms with Crippen molar-refractivity contribution in [3.05, 3.63) is 66.5 Å². The van der Waals surface area contributed by atoms with Crippen molar-refractivity contribution in [3.63, 3.8) is 0 Å². The summed E-state index contributed by atoms with van der Waals surface area (Å²) in [6, 6.07) is 18.0. The van der Waals surface area contributed by atoms with Crippen LogP contribution >= 0.6 is 0 Å². The van der Waals surface area contributed by atoms with Gasteiger partial charge in [-0.2, -0.15) is 0 Å². The van der Waals surface area contributed by atoms with Gasteiger partial charge in [0.15, 0.2) is 0 Å². The van der Waals surface area contributed by atoms with Gasteiger partial charge in [0, 0.05) is 38.1 Å². The molecule has 0 bridgehead atoms. The predicted octanol–water partition coefficient (Wildman–Crippen LogP) is 2.77. The number of rotatable bonds is 5. The monoisotopic (exact) mass is 375 g/mol. The zero-order valence-electron chi connectivity index (χ0n) is 16.1. The Labute approximate surface area is 165 Å². The first-order valence-electron chi connectivity index (χ1n) is 9.72. The second-order valence-electron chi connectivity index (χ2n) is 7.19. The summed E-state index contributed by atoms with van der Waals surface area (Å²) in [6.07, 6.45) is 1.53. The number of fused-ring (bicyclic) bond motifs is 1. The molecule has 6 heteroatoms. The van der Waals surface area contributed by atoms with E-state index in [-0.39, 0.29) is 11.9 Å². The van der Waals surface area contributed by atoms with E-state index in [0.717, 1.165) is 43.6 Å². The van der Waals surface area contributed by atoms with E-state index in [1.165, 1.54) is 11.9 Å². The first kappa shape index (κ1) is 18.4. The maximum absolute atomic E-state index is 12.9. The molecule has 2 aromatic carbocycles. The Morgan fingerprint density at radius 3 is 2.50 bits per heavy atom. The van der Waals surface area contributed by atoms with Crippen molar-refractivity contribution in [3.8, 4) is 0 Å². The number of aromatic nitrogens is 2. The number of para-hydroxylation sites is 1. The Kier molecular flexibility index (Phi) is 5.48. The number of amides is 1. The van der Waals surface area contributed by atoms with E-state index >= 15 is 0 Å². The highest BCUT2D eigenvalue weighted by molar-refractivity contribution is 5.91. The van der Waals surface area contributed by atoms with Gasteiger partial charge >= 0.3 is 0 Å². The van der Waals surface area contributed by atoms with E-state index in [2.05, 4.69) is 44.5 Å². The average Bonchev–Trinajstić information content (AvgIpc) is 2.75. The van der Waals surface area contributed by atoms with Gasteiger partial charge in [0.05, 0.1) is 5.52 Å². The highest BCUT2D eigenvalue weighted by Crippen LogP contribution is 2.19. The van der Waals surface area contributed by atoms with Gasteiger partial charge in [-0.15, -0.1) is 0 Å². The lowest BCUT2D eigenvalue weighted by molar-refractivity contribution is -0.133. The van der Waals surface area contributed by atoms with Gasteiger partial charge in [-0.05, 0) is 24.6 Å². The van der Waals surface area contributed by atoms with Crippen molar-refractivity contribution < 1.29 is 4.79 Å². The van der Waals surface area contributed by atoms with Gasteiger partial charge in [-0.3, -0.25) is 9.69 Å². The van der Waals surface area contributed by atoms with Crippen molar-refractivity contribution in [2.45, 2.75) is 19.5 Å². The topological polar surface area (TPSA) is 61.4 Å². The lowest BCUT2D eigenvalue weighted by atomic mass is 10.2. The summed E-state index contributed by atoms with van der Waals surface area (Å²) in [7, 11) is 0. The highest BCUT2D eigenvalue weighted by atomic mass is 16.2. The smallest absolute Gasteiger partial charge is 0.244 e. The molecular weight excluding hydrogens is 350 g/mol. The van der Waals surface area contributed by atoms with E-state index in [9.17, 15) is 4.79 Å². The largest absolute Gasteiger partial charge is 0.358 e. The molecule has 1 aliphatic rings. The number of carbonyl (C=O) groups is 1. The van der Waals surface area contributed by atoms with Crippen LogP contribution in [-0.4, -0.2) is 57.9 Å². The van der Waals surface area contributed by atoms with Crippen LogP contribution < -0.4 is 5.32 Å². The van der Waals surface area contributed by atoms with Crippen LogP contribution in [0.1, 0.15) is 12.5 Å². The Balaban J connectivity index is 1.34. The Bertz CT molecular complexity index is 933. The Morgan fingerprint density at radius 1 is 1.00 bits per heavy atom. The van der Waals surface area contributed by atoms with Gasteiger partial charge in [0.1, 0.15) is 18.2 Å². The molecule has 1 aromatic heterocycles.